The minimum absolute atomic E-state index is 0.0791. The number of carbonyl (C=O) groups excluding carboxylic acids is 4. The minimum Gasteiger partial charge on any atom is -0.323 e. The van der Waals surface area contributed by atoms with E-state index in [1.54, 1.807) is 12.1 Å². The fourth-order valence-corrected chi connectivity index (χ4v) is 4.80. The van der Waals surface area contributed by atoms with Gasteiger partial charge in [0.1, 0.15) is 12.1 Å². The van der Waals surface area contributed by atoms with E-state index >= 15 is 0 Å². The van der Waals surface area contributed by atoms with Gasteiger partial charge in [0.25, 0.3) is 11.8 Å². The van der Waals surface area contributed by atoms with Gasteiger partial charge >= 0.3 is 6.03 Å². The zero-order chi connectivity index (χ0) is 21.2. The molecule has 29 heavy (non-hydrogen) atoms. The van der Waals surface area contributed by atoms with Crippen molar-refractivity contribution >= 4 is 23.8 Å². The monoisotopic (exact) mass is 400 g/mol. The van der Waals surface area contributed by atoms with Crippen molar-refractivity contribution in [3.8, 4) is 0 Å². The number of carbonyl (C=O) groups is 4. The second-order valence-electron chi connectivity index (χ2n) is 9.02. The van der Waals surface area contributed by atoms with E-state index in [-0.39, 0.29) is 29.6 Å². The van der Waals surface area contributed by atoms with Gasteiger partial charge in [-0.3, -0.25) is 30.1 Å². The second kappa shape index (κ2) is 7.85. The molecule has 0 aromatic heterocycles. The lowest BCUT2D eigenvalue weighted by Crippen LogP contribution is -2.54. The Morgan fingerprint density at radius 2 is 1.76 bits per heavy atom. The molecule has 0 bridgehead atoms. The summed E-state index contributed by atoms with van der Waals surface area (Å²) in [4.78, 5) is 50.5. The molecule has 2 atom stereocenters. The van der Waals surface area contributed by atoms with E-state index in [1.807, 2.05) is 18.2 Å². The van der Waals surface area contributed by atoms with Gasteiger partial charge in [0.05, 0.1) is 6.42 Å². The van der Waals surface area contributed by atoms with Gasteiger partial charge < -0.3 is 5.32 Å². The Morgan fingerprint density at radius 3 is 2.41 bits per heavy atom. The first-order valence-electron chi connectivity index (χ1n) is 9.86. The molecule has 1 saturated carbocycles. The lowest BCUT2D eigenvalue weighted by atomic mass is 9.64. The van der Waals surface area contributed by atoms with Crippen LogP contribution in [0.5, 0.6) is 0 Å². The molecule has 1 aromatic carbocycles. The van der Waals surface area contributed by atoms with Crippen molar-refractivity contribution in [2.75, 3.05) is 6.54 Å². The van der Waals surface area contributed by atoms with Crippen LogP contribution < -0.4 is 16.2 Å². The molecule has 0 unspecified atom stereocenters. The molecule has 2 fully saturated rings. The third kappa shape index (κ3) is 4.75. The van der Waals surface area contributed by atoms with Crippen LogP contribution >= 0.6 is 0 Å². The molecule has 1 aromatic rings. The van der Waals surface area contributed by atoms with Crippen LogP contribution in [0.15, 0.2) is 30.3 Å². The summed E-state index contributed by atoms with van der Waals surface area (Å²) in [5.41, 5.74) is 4.37. The summed E-state index contributed by atoms with van der Waals surface area (Å²) >= 11 is 0. The molecule has 0 radical (unpaired) electrons. The van der Waals surface area contributed by atoms with Crippen LogP contribution in [0.3, 0.4) is 0 Å². The third-order valence-electron chi connectivity index (χ3n) is 5.47. The Labute approximate surface area is 170 Å². The number of nitrogens with one attached hydrogen (secondary N) is 3. The van der Waals surface area contributed by atoms with Crippen LogP contribution in [0, 0.1) is 11.3 Å². The molecule has 3 rings (SSSR count). The van der Waals surface area contributed by atoms with Crippen LogP contribution in [0.1, 0.15) is 45.6 Å². The van der Waals surface area contributed by atoms with Crippen molar-refractivity contribution in [3.63, 3.8) is 0 Å². The maximum Gasteiger partial charge on any atom is 0.325 e. The number of benzene rings is 1. The molecule has 8 heteroatoms. The molecular weight excluding hydrogens is 372 g/mol. The van der Waals surface area contributed by atoms with Gasteiger partial charge in [0, 0.05) is 0 Å². The van der Waals surface area contributed by atoms with Crippen LogP contribution in [0.4, 0.5) is 4.79 Å². The molecule has 156 valence electrons. The summed E-state index contributed by atoms with van der Waals surface area (Å²) in [7, 11) is 0. The number of hydrazine groups is 1. The van der Waals surface area contributed by atoms with Crippen molar-refractivity contribution in [2.45, 2.75) is 52.0 Å². The van der Waals surface area contributed by atoms with Crippen LogP contribution in [0.25, 0.3) is 0 Å². The summed E-state index contributed by atoms with van der Waals surface area (Å²) in [5.74, 6) is -1.10. The number of amides is 5. The molecule has 1 spiro atoms. The van der Waals surface area contributed by atoms with Gasteiger partial charge in [0.2, 0.25) is 5.91 Å². The van der Waals surface area contributed by atoms with Crippen molar-refractivity contribution in [2.24, 2.45) is 11.3 Å². The molecule has 1 heterocycles. The first-order valence-corrected chi connectivity index (χ1v) is 9.86. The second-order valence-corrected chi connectivity index (χ2v) is 9.02. The molecule has 2 aliphatic rings. The summed E-state index contributed by atoms with van der Waals surface area (Å²) in [6.45, 7) is 5.80. The van der Waals surface area contributed by atoms with Crippen molar-refractivity contribution in [1.82, 2.24) is 21.1 Å². The number of urea groups is 1. The molecule has 1 aliphatic carbocycles. The van der Waals surface area contributed by atoms with E-state index in [2.05, 4.69) is 36.9 Å². The largest absolute Gasteiger partial charge is 0.325 e. The van der Waals surface area contributed by atoms with Crippen LogP contribution in [-0.4, -0.2) is 40.7 Å². The van der Waals surface area contributed by atoms with E-state index in [4.69, 9.17) is 0 Å². The number of hydrogen-bond donors (Lipinski definition) is 3. The number of rotatable bonds is 4. The van der Waals surface area contributed by atoms with Crippen molar-refractivity contribution < 1.29 is 19.2 Å². The van der Waals surface area contributed by atoms with E-state index < -0.39 is 24.0 Å². The van der Waals surface area contributed by atoms with Crippen molar-refractivity contribution in [3.05, 3.63) is 35.9 Å². The zero-order valence-corrected chi connectivity index (χ0v) is 17.1. The van der Waals surface area contributed by atoms with E-state index in [0.29, 0.717) is 12.8 Å². The average molecular weight is 400 g/mol. The quantitative estimate of drug-likeness (QED) is 0.526. The van der Waals surface area contributed by atoms with Gasteiger partial charge in [-0.1, -0.05) is 51.1 Å². The lowest BCUT2D eigenvalue weighted by Gasteiger charge is -2.43. The van der Waals surface area contributed by atoms with E-state index in [1.165, 1.54) is 0 Å². The van der Waals surface area contributed by atoms with E-state index in [0.717, 1.165) is 16.9 Å². The number of imide groups is 1. The smallest absolute Gasteiger partial charge is 0.323 e. The first-order chi connectivity index (χ1) is 13.6. The third-order valence-corrected chi connectivity index (χ3v) is 5.47. The predicted molar refractivity (Wildman–Crippen MR) is 106 cm³/mol. The fourth-order valence-electron chi connectivity index (χ4n) is 4.80. The van der Waals surface area contributed by atoms with Gasteiger partial charge in [-0.25, -0.2) is 4.79 Å². The molecular formula is C21H28N4O4. The van der Waals surface area contributed by atoms with Gasteiger partial charge in [-0.15, -0.1) is 0 Å². The highest BCUT2D eigenvalue weighted by Crippen LogP contribution is 2.46. The average Bonchev–Trinajstić information content (AvgIpc) is 2.82. The van der Waals surface area contributed by atoms with E-state index in [9.17, 15) is 19.2 Å². The Bertz CT molecular complexity index is 823. The summed E-state index contributed by atoms with van der Waals surface area (Å²) in [5, 5.41) is 2.83. The Morgan fingerprint density at radius 1 is 1.10 bits per heavy atom. The Balaban J connectivity index is 1.56. The molecule has 5 amide bonds. The first kappa shape index (κ1) is 20.8. The zero-order valence-electron chi connectivity index (χ0n) is 17.1. The maximum atomic E-state index is 13.0. The molecule has 8 nitrogen and oxygen atoms in total. The Hall–Kier alpha value is -2.90. The highest BCUT2D eigenvalue weighted by Gasteiger charge is 2.56. The maximum absolute atomic E-state index is 13.0. The fraction of sp³-hybridized carbons (Fsp3) is 0.524. The van der Waals surface area contributed by atoms with Crippen molar-refractivity contribution in [1.29, 1.82) is 0 Å². The normalized spacial score (nSPS) is 25.6. The summed E-state index contributed by atoms with van der Waals surface area (Å²) in [6.07, 6.45) is 2.19. The Kier molecular flexibility index (Phi) is 5.64. The molecule has 1 saturated heterocycles. The van der Waals surface area contributed by atoms with Crippen LogP contribution in [0.2, 0.25) is 0 Å². The summed E-state index contributed by atoms with van der Waals surface area (Å²) in [6, 6.07) is 8.54. The van der Waals surface area contributed by atoms with Gasteiger partial charge in [-0.05, 0) is 36.2 Å². The lowest BCUT2D eigenvalue weighted by molar-refractivity contribution is -0.138. The SMILES string of the molecule is C[C@@H]1CC(C)(C)C[C@@]2(C1)NC(=O)N(CC(=O)NNC(=O)Cc1ccccc1)C2=O. The minimum atomic E-state index is -0.949. The molecule has 3 N–H and O–H groups in total. The summed E-state index contributed by atoms with van der Waals surface area (Å²) < 4.78 is 0. The number of nitrogens with zero attached hydrogens (tertiary/aromatic N) is 1. The highest BCUT2D eigenvalue weighted by atomic mass is 16.2. The molecule has 1 aliphatic heterocycles. The number of hydrogen-bond acceptors (Lipinski definition) is 4. The van der Waals surface area contributed by atoms with Gasteiger partial charge in [-0.2, -0.15) is 0 Å². The predicted octanol–water partition coefficient (Wildman–Crippen LogP) is 1.51. The topological polar surface area (TPSA) is 108 Å². The van der Waals surface area contributed by atoms with Crippen LogP contribution in [-0.2, 0) is 20.8 Å². The van der Waals surface area contributed by atoms with Gasteiger partial charge in [0.15, 0.2) is 0 Å². The standard InChI is InChI=1S/C21H28N4O4/c1-14-10-20(2,3)13-21(11-14)18(28)25(19(29)22-21)12-17(27)24-23-16(26)9-15-7-5-4-6-8-15/h4-8,14H,9-13H2,1-3H3,(H,22,29)(H,23,26)(H,24,27)/t14-,21-/m1/s1. The highest BCUT2D eigenvalue weighted by molar-refractivity contribution is 6.09.